The van der Waals surface area contributed by atoms with Crippen molar-refractivity contribution in [2.75, 3.05) is 31.8 Å². The Bertz CT molecular complexity index is 372. The highest BCUT2D eigenvalue weighted by atomic mass is 32.2. The lowest BCUT2D eigenvalue weighted by atomic mass is 10.4. The van der Waals surface area contributed by atoms with E-state index in [9.17, 15) is 5.11 Å². The number of nitrogens with two attached hydrogens (primary N) is 1. The van der Waals surface area contributed by atoms with Crippen LogP contribution in [0.25, 0.3) is 0 Å². The molecule has 1 aromatic heterocycles. The van der Waals surface area contributed by atoms with E-state index in [4.69, 9.17) is 15.2 Å². The van der Waals surface area contributed by atoms with Crippen molar-refractivity contribution in [2.24, 2.45) is 0 Å². The van der Waals surface area contributed by atoms with E-state index in [1.54, 1.807) is 13.2 Å². The van der Waals surface area contributed by atoms with Crippen LogP contribution >= 0.6 is 11.8 Å². The molecule has 2 atom stereocenters. The van der Waals surface area contributed by atoms with Crippen LogP contribution in [0.3, 0.4) is 0 Å². The van der Waals surface area contributed by atoms with Crippen LogP contribution in [0.2, 0.25) is 0 Å². The summed E-state index contributed by atoms with van der Waals surface area (Å²) in [5.41, 5.74) is 6.45. The first-order chi connectivity index (χ1) is 9.01. The Morgan fingerprint density at radius 3 is 2.79 bits per heavy atom. The van der Waals surface area contributed by atoms with Gasteiger partial charge in [-0.3, -0.25) is 0 Å². The van der Waals surface area contributed by atoms with Crippen molar-refractivity contribution < 1.29 is 14.6 Å². The minimum absolute atomic E-state index is 0.0319. The maximum Gasteiger partial charge on any atom is 0.189 e. The summed E-state index contributed by atoms with van der Waals surface area (Å²) in [6, 6.07) is 1.70. The maximum atomic E-state index is 9.79. The summed E-state index contributed by atoms with van der Waals surface area (Å²) in [5, 5.41) is 10.4. The smallest absolute Gasteiger partial charge is 0.189 e. The molecule has 1 rings (SSSR count). The zero-order chi connectivity index (χ0) is 14.3. The van der Waals surface area contributed by atoms with Crippen molar-refractivity contribution >= 4 is 17.6 Å². The minimum atomic E-state index is -0.574. The zero-order valence-corrected chi connectivity index (χ0v) is 12.3. The van der Waals surface area contributed by atoms with Crippen LogP contribution in [-0.4, -0.2) is 53.4 Å². The van der Waals surface area contributed by atoms with Crippen molar-refractivity contribution in [1.82, 2.24) is 9.97 Å². The van der Waals surface area contributed by atoms with Gasteiger partial charge in [0.2, 0.25) is 0 Å². The summed E-state index contributed by atoms with van der Waals surface area (Å²) in [7, 11) is 1.62. The van der Waals surface area contributed by atoms with Gasteiger partial charge in [0.15, 0.2) is 5.16 Å². The number of hydrogen-bond acceptors (Lipinski definition) is 7. The number of thioether (sulfide) groups is 1. The summed E-state index contributed by atoms with van der Waals surface area (Å²) < 4.78 is 10.4. The largest absolute Gasteiger partial charge is 0.390 e. The standard InChI is InChI=1S/C12H21N3O3S/c1-8-4-11(13)15-12(14-8)19-7-10(16)6-18-9(2)5-17-3/h4,9-10,16H,5-7H2,1-3H3,(H2,13,14,15). The van der Waals surface area contributed by atoms with Gasteiger partial charge in [-0.2, -0.15) is 0 Å². The second-order valence-electron chi connectivity index (χ2n) is 4.28. The van der Waals surface area contributed by atoms with Gasteiger partial charge in [-0.15, -0.1) is 0 Å². The number of aromatic nitrogens is 2. The van der Waals surface area contributed by atoms with Crippen molar-refractivity contribution in [3.05, 3.63) is 11.8 Å². The molecule has 0 aliphatic carbocycles. The Morgan fingerprint density at radius 1 is 1.42 bits per heavy atom. The molecule has 7 heteroatoms. The Hall–Kier alpha value is -0.890. The Balaban J connectivity index is 2.31. The second-order valence-corrected chi connectivity index (χ2v) is 5.27. The molecule has 108 valence electrons. The Labute approximate surface area is 117 Å². The predicted octanol–water partition coefficient (Wildman–Crippen LogP) is 0.872. The number of rotatable bonds is 8. The van der Waals surface area contributed by atoms with Gasteiger partial charge in [0, 0.05) is 24.6 Å². The quantitative estimate of drug-likeness (QED) is 0.541. The van der Waals surface area contributed by atoms with Gasteiger partial charge in [-0.05, 0) is 13.8 Å². The molecular formula is C12H21N3O3S. The van der Waals surface area contributed by atoms with Crippen LogP contribution in [0.15, 0.2) is 11.2 Å². The summed E-state index contributed by atoms with van der Waals surface area (Å²) in [4.78, 5) is 8.32. The molecule has 1 heterocycles. The lowest BCUT2D eigenvalue weighted by Gasteiger charge is -2.15. The van der Waals surface area contributed by atoms with Crippen molar-refractivity contribution in [3.63, 3.8) is 0 Å². The number of nitrogen functional groups attached to an aromatic ring is 1. The normalized spacial score (nSPS) is 14.3. The van der Waals surface area contributed by atoms with E-state index in [0.29, 0.717) is 23.3 Å². The third-order valence-corrected chi connectivity index (χ3v) is 3.23. The highest BCUT2D eigenvalue weighted by Crippen LogP contribution is 2.16. The lowest BCUT2D eigenvalue weighted by molar-refractivity contribution is -0.0257. The van der Waals surface area contributed by atoms with Gasteiger partial charge in [-0.25, -0.2) is 9.97 Å². The summed E-state index contributed by atoms with van der Waals surface area (Å²) >= 11 is 1.36. The SMILES string of the molecule is COCC(C)OCC(O)CSc1nc(C)cc(N)n1. The molecule has 0 aromatic carbocycles. The van der Waals surface area contributed by atoms with E-state index in [2.05, 4.69) is 9.97 Å². The van der Waals surface area contributed by atoms with E-state index < -0.39 is 6.10 Å². The first-order valence-corrected chi connectivity index (χ1v) is 7.02. The fourth-order valence-electron chi connectivity index (χ4n) is 1.41. The first-order valence-electron chi connectivity index (χ1n) is 6.03. The average Bonchev–Trinajstić information content (AvgIpc) is 2.33. The number of anilines is 1. The molecule has 0 saturated heterocycles. The molecular weight excluding hydrogens is 266 g/mol. The molecule has 0 saturated carbocycles. The van der Waals surface area contributed by atoms with Crippen molar-refractivity contribution in [1.29, 1.82) is 0 Å². The van der Waals surface area contributed by atoms with E-state index >= 15 is 0 Å². The van der Waals surface area contributed by atoms with Crippen molar-refractivity contribution in [3.8, 4) is 0 Å². The van der Waals surface area contributed by atoms with Gasteiger partial charge in [0.05, 0.1) is 25.4 Å². The number of ether oxygens (including phenoxy) is 2. The number of methoxy groups -OCH3 is 1. The molecule has 2 unspecified atom stereocenters. The highest BCUT2D eigenvalue weighted by molar-refractivity contribution is 7.99. The maximum absolute atomic E-state index is 9.79. The van der Waals surface area contributed by atoms with Gasteiger partial charge in [-0.1, -0.05) is 11.8 Å². The molecule has 0 fully saturated rings. The van der Waals surface area contributed by atoms with E-state index in [1.807, 2.05) is 13.8 Å². The molecule has 0 aliphatic heterocycles. The van der Waals surface area contributed by atoms with Gasteiger partial charge in [0.25, 0.3) is 0 Å². The van der Waals surface area contributed by atoms with Crippen LogP contribution in [0.5, 0.6) is 0 Å². The summed E-state index contributed by atoms with van der Waals surface area (Å²) in [6.07, 6.45) is -0.606. The molecule has 0 spiro atoms. The third kappa shape index (κ3) is 6.72. The van der Waals surface area contributed by atoms with E-state index in [1.165, 1.54) is 11.8 Å². The molecule has 19 heavy (non-hydrogen) atoms. The van der Waals surface area contributed by atoms with Gasteiger partial charge < -0.3 is 20.3 Å². The van der Waals surface area contributed by atoms with E-state index in [-0.39, 0.29) is 12.7 Å². The predicted molar refractivity (Wildman–Crippen MR) is 75.2 cm³/mol. The fraction of sp³-hybridized carbons (Fsp3) is 0.667. The average molecular weight is 287 g/mol. The number of aryl methyl sites for hydroxylation is 1. The topological polar surface area (TPSA) is 90.5 Å². The molecule has 0 amide bonds. The molecule has 6 nitrogen and oxygen atoms in total. The van der Waals surface area contributed by atoms with Crippen LogP contribution in [-0.2, 0) is 9.47 Å². The highest BCUT2D eigenvalue weighted by Gasteiger charge is 2.10. The van der Waals surface area contributed by atoms with Crippen molar-refractivity contribution in [2.45, 2.75) is 31.2 Å². The number of aliphatic hydroxyl groups excluding tert-OH is 1. The minimum Gasteiger partial charge on any atom is -0.390 e. The molecule has 3 N–H and O–H groups in total. The number of hydrogen-bond donors (Lipinski definition) is 2. The van der Waals surface area contributed by atoms with Gasteiger partial charge in [0.1, 0.15) is 5.82 Å². The summed E-state index contributed by atoms with van der Waals surface area (Å²) in [6.45, 7) is 4.53. The van der Waals surface area contributed by atoms with Crippen LogP contribution in [0.4, 0.5) is 5.82 Å². The van der Waals surface area contributed by atoms with Gasteiger partial charge >= 0.3 is 0 Å². The third-order valence-electron chi connectivity index (χ3n) is 2.23. The monoisotopic (exact) mass is 287 g/mol. The lowest BCUT2D eigenvalue weighted by Crippen LogP contribution is -2.24. The van der Waals surface area contributed by atoms with Crippen LogP contribution in [0, 0.1) is 6.92 Å². The van der Waals surface area contributed by atoms with E-state index in [0.717, 1.165) is 5.69 Å². The van der Waals surface area contributed by atoms with Crippen LogP contribution < -0.4 is 5.73 Å². The first kappa shape index (κ1) is 16.2. The zero-order valence-electron chi connectivity index (χ0n) is 11.5. The number of aliphatic hydroxyl groups is 1. The molecule has 1 aromatic rings. The fourth-order valence-corrected chi connectivity index (χ4v) is 2.22. The number of nitrogens with zero attached hydrogens (tertiary/aromatic N) is 2. The Morgan fingerprint density at radius 2 is 2.16 bits per heavy atom. The van der Waals surface area contributed by atoms with Crippen LogP contribution in [0.1, 0.15) is 12.6 Å². The molecule has 0 bridgehead atoms. The summed E-state index contributed by atoms with van der Waals surface area (Å²) in [5.74, 6) is 0.900. The Kier molecular flexibility index (Phi) is 7.07. The molecule has 0 aliphatic rings. The second kappa shape index (κ2) is 8.31. The molecule has 0 radical (unpaired) electrons.